The van der Waals surface area contributed by atoms with Gasteiger partial charge in [0.1, 0.15) is 18.2 Å². The first-order chi connectivity index (χ1) is 17.8. The lowest BCUT2D eigenvalue weighted by atomic mass is 9.79. The molecule has 0 amide bonds. The highest BCUT2D eigenvalue weighted by Crippen LogP contribution is 2.47. The quantitative estimate of drug-likeness (QED) is 0.382. The zero-order valence-corrected chi connectivity index (χ0v) is 21.6. The number of nitrogens with two attached hydrogens (primary N) is 1. The second-order valence-electron chi connectivity index (χ2n) is 9.24. The number of rotatable bonds is 6. The minimum atomic E-state index is -3.22. The Bertz CT molecular complexity index is 1650. The van der Waals surface area contributed by atoms with Crippen molar-refractivity contribution in [1.29, 1.82) is 0 Å². The van der Waals surface area contributed by atoms with Gasteiger partial charge in [0.15, 0.2) is 0 Å². The summed E-state index contributed by atoms with van der Waals surface area (Å²) in [7, 11) is -3.22. The molecule has 0 unspecified atom stereocenters. The van der Waals surface area contributed by atoms with Crippen LogP contribution < -0.4 is 10.5 Å². The van der Waals surface area contributed by atoms with Crippen LogP contribution >= 0.6 is 11.6 Å². The zero-order chi connectivity index (χ0) is 25.7. The van der Waals surface area contributed by atoms with Crippen molar-refractivity contribution in [3.05, 3.63) is 70.5 Å². The molecule has 0 radical (unpaired) electrons. The van der Waals surface area contributed by atoms with Gasteiger partial charge >= 0.3 is 0 Å². The molecule has 4 heterocycles. The molecule has 6 rings (SSSR count). The first-order valence-electron chi connectivity index (χ1n) is 11.8. The van der Waals surface area contributed by atoms with Gasteiger partial charge in [0.05, 0.1) is 34.1 Å². The fraction of sp³-hybridized carbons (Fsp3) is 0.280. The van der Waals surface area contributed by atoms with Crippen LogP contribution in [0.3, 0.4) is 0 Å². The molecule has 1 aliphatic carbocycles. The Kier molecular flexibility index (Phi) is 5.85. The van der Waals surface area contributed by atoms with Gasteiger partial charge in [0.2, 0.25) is 15.9 Å². The van der Waals surface area contributed by atoms with Gasteiger partial charge in [-0.1, -0.05) is 23.7 Å². The standard InChI is InChI=1S/C25H24ClN7O3S/c1-37(34,35)33-7-5-17(6-8-33)36-25-21-14(3-2-4-19(21)26)9-16(32-25)10-18-20(15-11-30-31-12-15)22-23(18)28-13-29-24(22)27/h2-4,9,11-13,17H,5-8,10H2,1H3,(H,30,31)(H2,27,28,29). The maximum Gasteiger partial charge on any atom is 0.223 e. The maximum atomic E-state index is 11.9. The normalized spacial score (nSPS) is 16.6. The molecular weight excluding hydrogens is 514 g/mol. The summed E-state index contributed by atoms with van der Waals surface area (Å²) in [5, 5.41) is 9.14. The summed E-state index contributed by atoms with van der Waals surface area (Å²) in [5.74, 6) is 0.871. The van der Waals surface area contributed by atoms with Crippen LogP contribution in [-0.4, -0.2) is 63.3 Å². The number of anilines is 1. The largest absolute Gasteiger partial charge is 0.474 e. The highest BCUT2D eigenvalue weighted by atomic mass is 35.5. The molecule has 10 nitrogen and oxygen atoms in total. The minimum absolute atomic E-state index is 0.169. The lowest BCUT2D eigenvalue weighted by Crippen LogP contribution is -2.41. The van der Waals surface area contributed by atoms with Crippen LogP contribution in [0, 0.1) is 0 Å². The van der Waals surface area contributed by atoms with E-state index in [0.29, 0.717) is 49.1 Å². The molecule has 1 fully saturated rings. The fourth-order valence-electron chi connectivity index (χ4n) is 5.04. The predicted molar refractivity (Wildman–Crippen MR) is 141 cm³/mol. The van der Waals surface area contributed by atoms with Gasteiger partial charge in [0.25, 0.3) is 0 Å². The van der Waals surface area contributed by atoms with Crippen LogP contribution in [0.15, 0.2) is 43.0 Å². The number of nitrogens with one attached hydrogen (secondary N) is 1. The van der Waals surface area contributed by atoms with Gasteiger partial charge in [0, 0.05) is 42.5 Å². The van der Waals surface area contributed by atoms with Crippen molar-refractivity contribution in [2.45, 2.75) is 25.4 Å². The molecule has 3 N–H and O–H groups in total. The average Bonchev–Trinajstić information content (AvgIpc) is 3.37. The lowest BCUT2D eigenvalue weighted by Gasteiger charge is -2.30. The van der Waals surface area contributed by atoms with Crippen LogP contribution in [0.5, 0.6) is 5.88 Å². The summed E-state index contributed by atoms with van der Waals surface area (Å²) in [6.45, 7) is 0.821. The number of piperidine rings is 1. The molecule has 0 saturated carbocycles. The Morgan fingerprint density at radius 1 is 1.24 bits per heavy atom. The maximum absolute atomic E-state index is 11.9. The highest BCUT2D eigenvalue weighted by Gasteiger charge is 2.32. The van der Waals surface area contributed by atoms with Crippen molar-refractivity contribution in [2.75, 3.05) is 25.1 Å². The summed E-state index contributed by atoms with van der Waals surface area (Å²) < 4.78 is 31.7. The van der Waals surface area contributed by atoms with Crippen molar-refractivity contribution < 1.29 is 13.2 Å². The number of pyridine rings is 1. The van der Waals surface area contributed by atoms with Crippen molar-refractivity contribution in [3.63, 3.8) is 0 Å². The molecular formula is C25H24ClN7O3S. The van der Waals surface area contributed by atoms with Gasteiger partial charge in [-0.3, -0.25) is 5.10 Å². The Labute approximate surface area is 218 Å². The number of aromatic nitrogens is 5. The first-order valence-corrected chi connectivity index (χ1v) is 14.1. The second kappa shape index (κ2) is 9.09. The molecule has 3 aromatic heterocycles. The Morgan fingerprint density at radius 3 is 2.78 bits per heavy atom. The van der Waals surface area contributed by atoms with E-state index in [-0.39, 0.29) is 6.10 Å². The van der Waals surface area contributed by atoms with E-state index in [1.807, 2.05) is 30.5 Å². The van der Waals surface area contributed by atoms with Gasteiger partial charge < -0.3 is 10.5 Å². The van der Waals surface area contributed by atoms with E-state index in [1.54, 1.807) is 6.20 Å². The van der Waals surface area contributed by atoms with Gasteiger partial charge in [-0.2, -0.15) is 5.10 Å². The number of halogens is 1. The number of nitrogens with zero attached hydrogens (tertiary/aromatic N) is 5. The molecule has 12 heteroatoms. The van der Waals surface area contributed by atoms with E-state index in [2.05, 4.69) is 20.2 Å². The lowest BCUT2D eigenvalue weighted by molar-refractivity contribution is 0.132. The number of nitrogen functional groups attached to an aromatic ring is 1. The van der Waals surface area contributed by atoms with E-state index < -0.39 is 10.0 Å². The van der Waals surface area contributed by atoms with Crippen LogP contribution in [-0.2, 0) is 16.4 Å². The number of H-pyrrole nitrogens is 1. The van der Waals surface area contributed by atoms with E-state index in [1.165, 1.54) is 16.9 Å². The monoisotopic (exact) mass is 537 g/mol. The molecule has 4 aromatic rings. The highest BCUT2D eigenvalue weighted by molar-refractivity contribution is 7.88. The van der Waals surface area contributed by atoms with Crippen molar-refractivity contribution in [2.24, 2.45) is 0 Å². The van der Waals surface area contributed by atoms with E-state index in [9.17, 15) is 8.42 Å². The third-order valence-electron chi connectivity index (χ3n) is 6.83. The number of hydrogen-bond donors (Lipinski definition) is 2. The number of ether oxygens (including phenoxy) is 1. The molecule has 0 atom stereocenters. The molecule has 2 aliphatic rings. The van der Waals surface area contributed by atoms with E-state index >= 15 is 0 Å². The van der Waals surface area contributed by atoms with Crippen LogP contribution in [0.25, 0.3) is 21.9 Å². The van der Waals surface area contributed by atoms with E-state index in [4.69, 9.17) is 27.1 Å². The molecule has 1 aromatic carbocycles. The summed E-state index contributed by atoms with van der Waals surface area (Å²) in [4.78, 5) is 13.5. The van der Waals surface area contributed by atoms with Crippen LogP contribution in [0.1, 0.15) is 35.4 Å². The van der Waals surface area contributed by atoms with Crippen molar-refractivity contribution in [3.8, 4) is 5.88 Å². The van der Waals surface area contributed by atoms with Crippen molar-refractivity contribution in [1.82, 2.24) is 29.5 Å². The number of allylic oxidation sites excluding steroid dienone is 1. The Hall–Kier alpha value is -3.54. The molecule has 1 saturated heterocycles. The Morgan fingerprint density at radius 2 is 2.05 bits per heavy atom. The number of hydrogen-bond acceptors (Lipinski definition) is 8. The third kappa shape index (κ3) is 4.32. The summed E-state index contributed by atoms with van der Waals surface area (Å²) in [6.07, 6.45) is 7.73. The third-order valence-corrected chi connectivity index (χ3v) is 8.45. The van der Waals surface area contributed by atoms with Crippen LogP contribution in [0.4, 0.5) is 5.82 Å². The van der Waals surface area contributed by atoms with Crippen molar-refractivity contribution >= 4 is 49.4 Å². The van der Waals surface area contributed by atoms with Gasteiger partial charge in [-0.05, 0) is 35.9 Å². The van der Waals surface area contributed by atoms with Gasteiger partial charge in [-0.15, -0.1) is 0 Å². The summed E-state index contributed by atoms with van der Waals surface area (Å²) in [6, 6.07) is 7.69. The zero-order valence-electron chi connectivity index (χ0n) is 20.0. The predicted octanol–water partition coefficient (Wildman–Crippen LogP) is 3.30. The molecule has 37 heavy (non-hydrogen) atoms. The summed E-state index contributed by atoms with van der Waals surface area (Å²) >= 11 is 6.58. The Balaban J connectivity index is 1.36. The van der Waals surface area contributed by atoms with E-state index in [0.717, 1.165) is 44.4 Å². The smallest absolute Gasteiger partial charge is 0.223 e. The van der Waals surface area contributed by atoms with Gasteiger partial charge in [-0.25, -0.2) is 27.7 Å². The first kappa shape index (κ1) is 23.8. The second-order valence-corrected chi connectivity index (χ2v) is 11.6. The topological polar surface area (TPSA) is 140 Å². The molecule has 0 bridgehead atoms. The number of benzene rings is 1. The number of sulfonamides is 1. The minimum Gasteiger partial charge on any atom is -0.474 e. The number of fused-ring (bicyclic) bond motifs is 2. The molecule has 0 spiro atoms. The van der Waals surface area contributed by atoms with Crippen LogP contribution in [0.2, 0.25) is 5.02 Å². The number of aromatic amines is 1. The SMILES string of the molecule is CS(=O)(=O)N1CCC(Oc2nc(CC3=C(c4cn[nH]c4)c4c(N)ncnc43)cc3cccc(Cl)c23)CC1. The average molecular weight is 538 g/mol. The summed E-state index contributed by atoms with van der Waals surface area (Å²) in [5.41, 5.74) is 11.4. The molecule has 1 aliphatic heterocycles. The molecule has 190 valence electrons. The fourth-order valence-corrected chi connectivity index (χ4v) is 6.18.